The molecule has 112 valence electrons. The zero-order chi connectivity index (χ0) is 15.7. The molecule has 0 amide bonds. The molecule has 0 aromatic heterocycles. The maximum Gasteiger partial charge on any atom is 0.196 e. The van der Waals surface area contributed by atoms with E-state index in [4.69, 9.17) is 17.3 Å². The Morgan fingerprint density at radius 2 is 1.64 bits per heavy atom. The van der Waals surface area contributed by atoms with E-state index in [1.54, 1.807) is 36.4 Å². The quantitative estimate of drug-likeness (QED) is 0.726. The van der Waals surface area contributed by atoms with Crippen molar-refractivity contribution in [3.63, 3.8) is 0 Å². The van der Waals surface area contributed by atoms with Crippen LogP contribution in [0.2, 0.25) is 5.02 Å². The first kappa shape index (κ1) is 14.8. The molecule has 0 saturated carbocycles. The lowest BCUT2D eigenvalue weighted by atomic mass is 9.83. The van der Waals surface area contributed by atoms with Crippen LogP contribution in [-0.4, -0.2) is 24.7 Å². The average Bonchev–Trinajstić information content (AvgIpc) is 2.54. The fourth-order valence-electron chi connectivity index (χ4n) is 2.65. The van der Waals surface area contributed by atoms with E-state index in [-0.39, 0.29) is 11.6 Å². The van der Waals surface area contributed by atoms with Crippen LogP contribution in [0, 0.1) is 0 Å². The Hall–Kier alpha value is -2.17. The SMILES string of the molecule is NCCCNc1c(Cl)ccc2c1C(=O)c1ccccc1C2=O. The number of ketones is 2. The second-order valence-electron chi connectivity index (χ2n) is 5.12. The fourth-order valence-corrected chi connectivity index (χ4v) is 2.87. The number of hydrogen-bond donors (Lipinski definition) is 2. The van der Waals surface area contributed by atoms with Gasteiger partial charge in [-0.15, -0.1) is 0 Å². The average molecular weight is 315 g/mol. The van der Waals surface area contributed by atoms with Gasteiger partial charge in [0.05, 0.1) is 16.3 Å². The van der Waals surface area contributed by atoms with Crippen molar-refractivity contribution in [2.24, 2.45) is 5.73 Å². The van der Waals surface area contributed by atoms with Crippen LogP contribution in [0.4, 0.5) is 5.69 Å². The van der Waals surface area contributed by atoms with E-state index < -0.39 is 0 Å². The zero-order valence-corrected chi connectivity index (χ0v) is 12.6. The maximum atomic E-state index is 12.8. The first-order chi connectivity index (χ1) is 10.6. The van der Waals surface area contributed by atoms with Gasteiger partial charge in [-0.2, -0.15) is 0 Å². The van der Waals surface area contributed by atoms with Crippen molar-refractivity contribution in [3.05, 3.63) is 63.7 Å². The molecule has 22 heavy (non-hydrogen) atoms. The molecule has 0 aliphatic heterocycles. The van der Waals surface area contributed by atoms with Gasteiger partial charge in [-0.05, 0) is 25.1 Å². The van der Waals surface area contributed by atoms with Crippen LogP contribution < -0.4 is 11.1 Å². The molecule has 0 spiro atoms. The fraction of sp³-hybridized carbons (Fsp3) is 0.176. The Kier molecular flexibility index (Phi) is 3.96. The van der Waals surface area contributed by atoms with E-state index in [1.165, 1.54) is 0 Å². The van der Waals surface area contributed by atoms with Crippen LogP contribution in [0.3, 0.4) is 0 Å². The minimum atomic E-state index is -0.178. The normalized spacial score (nSPS) is 12.8. The van der Waals surface area contributed by atoms with E-state index in [2.05, 4.69) is 5.32 Å². The molecule has 0 radical (unpaired) electrons. The van der Waals surface area contributed by atoms with Gasteiger partial charge in [-0.3, -0.25) is 9.59 Å². The van der Waals surface area contributed by atoms with Gasteiger partial charge in [0.25, 0.3) is 0 Å². The summed E-state index contributed by atoms with van der Waals surface area (Å²) in [5, 5.41) is 3.57. The second kappa shape index (κ2) is 5.91. The number of nitrogens with two attached hydrogens (primary N) is 1. The van der Waals surface area contributed by atoms with Crippen LogP contribution >= 0.6 is 11.6 Å². The highest BCUT2D eigenvalue weighted by Crippen LogP contribution is 2.36. The number of benzene rings is 2. The highest BCUT2D eigenvalue weighted by molar-refractivity contribution is 6.37. The molecule has 1 aliphatic rings. The molecular weight excluding hydrogens is 300 g/mol. The van der Waals surface area contributed by atoms with Gasteiger partial charge >= 0.3 is 0 Å². The van der Waals surface area contributed by atoms with Crippen LogP contribution in [0.15, 0.2) is 36.4 Å². The van der Waals surface area contributed by atoms with Crippen molar-refractivity contribution < 1.29 is 9.59 Å². The molecule has 2 aromatic carbocycles. The lowest BCUT2D eigenvalue weighted by molar-refractivity contribution is 0.0979. The van der Waals surface area contributed by atoms with E-state index in [0.29, 0.717) is 46.1 Å². The minimum absolute atomic E-state index is 0.149. The molecule has 0 bridgehead atoms. The molecule has 3 N–H and O–H groups in total. The Labute approximate surface area is 133 Å². The van der Waals surface area contributed by atoms with Gasteiger partial charge in [-0.1, -0.05) is 35.9 Å². The predicted octanol–water partition coefficient (Wildman–Crippen LogP) is 2.88. The highest BCUT2D eigenvalue weighted by Gasteiger charge is 2.32. The van der Waals surface area contributed by atoms with Gasteiger partial charge in [0, 0.05) is 23.2 Å². The van der Waals surface area contributed by atoms with Crippen LogP contribution in [-0.2, 0) is 0 Å². The maximum absolute atomic E-state index is 12.8. The van der Waals surface area contributed by atoms with Gasteiger partial charge < -0.3 is 11.1 Å². The lowest BCUT2D eigenvalue weighted by Gasteiger charge is -2.21. The van der Waals surface area contributed by atoms with Crippen molar-refractivity contribution in [2.45, 2.75) is 6.42 Å². The van der Waals surface area contributed by atoms with Crippen LogP contribution in [0.5, 0.6) is 0 Å². The summed E-state index contributed by atoms with van der Waals surface area (Å²) >= 11 is 6.22. The predicted molar refractivity (Wildman–Crippen MR) is 86.9 cm³/mol. The summed E-state index contributed by atoms with van der Waals surface area (Å²) in [5.41, 5.74) is 7.61. The first-order valence-corrected chi connectivity index (χ1v) is 7.48. The van der Waals surface area contributed by atoms with Crippen LogP contribution in [0.1, 0.15) is 38.3 Å². The molecule has 0 saturated heterocycles. The van der Waals surface area contributed by atoms with Crippen molar-refractivity contribution in [1.82, 2.24) is 0 Å². The molecule has 0 fully saturated rings. The summed E-state index contributed by atoms with van der Waals surface area (Å²) in [6.07, 6.45) is 0.749. The molecule has 0 heterocycles. The summed E-state index contributed by atoms with van der Waals surface area (Å²) in [6, 6.07) is 10.1. The first-order valence-electron chi connectivity index (χ1n) is 7.10. The Bertz CT molecular complexity index is 771. The van der Waals surface area contributed by atoms with Gasteiger partial charge in [0.1, 0.15) is 0 Å². The lowest BCUT2D eigenvalue weighted by Crippen LogP contribution is -2.23. The van der Waals surface area contributed by atoms with Crippen molar-refractivity contribution in [3.8, 4) is 0 Å². The molecule has 2 aromatic rings. The summed E-state index contributed by atoms with van der Waals surface area (Å²) < 4.78 is 0. The number of carbonyl (C=O) groups excluding carboxylic acids is 2. The Morgan fingerprint density at radius 3 is 2.32 bits per heavy atom. The Morgan fingerprint density at radius 1 is 0.955 bits per heavy atom. The number of rotatable bonds is 4. The highest BCUT2D eigenvalue weighted by atomic mass is 35.5. The smallest absolute Gasteiger partial charge is 0.196 e. The molecule has 1 aliphatic carbocycles. The van der Waals surface area contributed by atoms with E-state index in [0.717, 1.165) is 6.42 Å². The van der Waals surface area contributed by atoms with Crippen LogP contribution in [0.25, 0.3) is 0 Å². The van der Waals surface area contributed by atoms with Gasteiger partial charge in [0.15, 0.2) is 11.6 Å². The molecule has 0 unspecified atom stereocenters. The number of halogens is 1. The van der Waals surface area contributed by atoms with Crippen molar-refractivity contribution >= 4 is 28.9 Å². The van der Waals surface area contributed by atoms with Gasteiger partial charge in [-0.25, -0.2) is 0 Å². The minimum Gasteiger partial charge on any atom is -0.383 e. The largest absolute Gasteiger partial charge is 0.383 e. The third-order valence-electron chi connectivity index (χ3n) is 3.73. The van der Waals surface area contributed by atoms with Crippen molar-refractivity contribution in [1.29, 1.82) is 0 Å². The third-order valence-corrected chi connectivity index (χ3v) is 4.04. The number of carbonyl (C=O) groups is 2. The number of fused-ring (bicyclic) bond motifs is 2. The second-order valence-corrected chi connectivity index (χ2v) is 5.52. The summed E-state index contributed by atoms with van der Waals surface area (Å²) in [7, 11) is 0. The summed E-state index contributed by atoms with van der Waals surface area (Å²) in [5.74, 6) is -0.327. The molecule has 0 atom stereocenters. The number of nitrogens with one attached hydrogen (secondary N) is 1. The third kappa shape index (κ3) is 2.30. The summed E-state index contributed by atoms with van der Waals surface area (Å²) in [6.45, 7) is 1.13. The van der Waals surface area contributed by atoms with Gasteiger partial charge in [0.2, 0.25) is 0 Å². The molecular formula is C17H15ClN2O2. The van der Waals surface area contributed by atoms with Crippen molar-refractivity contribution in [2.75, 3.05) is 18.4 Å². The summed E-state index contributed by atoms with van der Waals surface area (Å²) in [4.78, 5) is 25.4. The van der Waals surface area contributed by atoms with E-state index in [9.17, 15) is 9.59 Å². The molecule has 5 heteroatoms. The number of anilines is 1. The topological polar surface area (TPSA) is 72.2 Å². The number of hydrogen-bond acceptors (Lipinski definition) is 4. The van der Waals surface area contributed by atoms with E-state index >= 15 is 0 Å². The zero-order valence-electron chi connectivity index (χ0n) is 11.9. The monoisotopic (exact) mass is 314 g/mol. The van der Waals surface area contributed by atoms with E-state index in [1.807, 2.05) is 0 Å². The standard InChI is InChI=1S/C17H15ClN2O2/c18-13-7-6-12-14(15(13)20-9-3-8-19)17(22)11-5-2-1-4-10(11)16(12)21/h1-2,4-7,20H,3,8-9,19H2. The molecule has 4 nitrogen and oxygen atoms in total. The molecule has 3 rings (SSSR count). The Balaban J connectivity index is 2.14.